The van der Waals surface area contributed by atoms with Gasteiger partial charge in [-0.05, 0) is 23.3 Å². The summed E-state index contributed by atoms with van der Waals surface area (Å²) in [5, 5.41) is 3.39. The van der Waals surface area contributed by atoms with Gasteiger partial charge in [0.2, 0.25) is 0 Å². The van der Waals surface area contributed by atoms with Crippen molar-refractivity contribution >= 4 is 11.9 Å². The Bertz CT molecular complexity index is 875. The first-order chi connectivity index (χ1) is 20.6. The Morgan fingerprint density at radius 3 is 1.77 bits per heavy atom. The average molecular weight is 618 g/mol. The molecule has 2 aliphatic rings. The lowest BCUT2D eigenvalue weighted by Gasteiger charge is -2.48. The van der Waals surface area contributed by atoms with E-state index >= 15 is 0 Å². The van der Waals surface area contributed by atoms with Gasteiger partial charge >= 0.3 is 11.9 Å². The fraction of sp³-hybridized carbons (Fsp3) is 0.931. The summed E-state index contributed by atoms with van der Waals surface area (Å²) in [6, 6.07) is 0. The Hall–Kier alpha value is -2.03. The molecule has 0 radical (unpaired) electrons. The van der Waals surface area contributed by atoms with E-state index in [4.69, 9.17) is 48.2 Å². The van der Waals surface area contributed by atoms with Crippen LogP contribution in [0, 0.1) is 29.6 Å². The zero-order valence-corrected chi connectivity index (χ0v) is 26.7. The Kier molecular flexibility index (Phi) is 17.4. The van der Waals surface area contributed by atoms with E-state index in [1.807, 2.05) is 6.92 Å². The van der Waals surface area contributed by atoms with Crippen LogP contribution in [-0.2, 0) is 52.2 Å². The zero-order valence-electron chi connectivity index (χ0n) is 26.7. The second kappa shape index (κ2) is 20.1. The molecule has 0 aromatic heterocycles. The monoisotopic (exact) mass is 617 g/mol. The first-order valence-corrected chi connectivity index (χ1v) is 15.2. The molecule has 2 heterocycles. The molecule has 0 aromatic carbocycles. The van der Waals surface area contributed by atoms with E-state index in [1.165, 1.54) is 13.8 Å². The Morgan fingerprint density at radius 2 is 1.19 bits per heavy atom. The highest BCUT2D eigenvalue weighted by Crippen LogP contribution is 2.40. The fourth-order valence-electron chi connectivity index (χ4n) is 5.10. The molecule has 0 aromatic rings. The van der Waals surface area contributed by atoms with E-state index in [2.05, 4.69) is 37.7 Å². The molecule has 248 valence electrons. The maximum absolute atomic E-state index is 11.7. The van der Waals surface area contributed by atoms with Crippen LogP contribution in [0.1, 0.15) is 48.5 Å². The number of azide groups is 1. The maximum atomic E-state index is 11.7. The minimum atomic E-state index is -0.569. The van der Waals surface area contributed by atoms with Crippen LogP contribution < -0.4 is 0 Å². The number of hydrogen-bond donors (Lipinski definition) is 0. The lowest BCUT2D eigenvalue weighted by molar-refractivity contribution is -0.329. The molecule has 14 nitrogen and oxygen atoms in total. The second-order valence-electron chi connectivity index (χ2n) is 11.2. The van der Waals surface area contributed by atoms with Crippen LogP contribution in [0.25, 0.3) is 10.4 Å². The summed E-state index contributed by atoms with van der Waals surface area (Å²) in [4.78, 5) is 25.7. The van der Waals surface area contributed by atoms with Gasteiger partial charge in [0.05, 0.1) is 58.5 Å². The fourth-order valence-corrected chi connectivity index (χ4v) is 5.10. The number of nitrogens with zero attached hydrogens (tertiary/aromatic N) is 3. The van der Waals surface area contributed by atoms with E-state index in [0.29, 0.717) is 52.8 Å². The van der Waals surface area contributed by atoms with Gasteiger partial charge in [-0.3, -0.25) is 9.59 Å². The van der Waals surface area contributed by atoms with Gasteiger partial charge in [0.1, 0.15) is 19.3 Å². The SMILES string of the molecule is CC(=O)OCC1O[C@@H](OCCOCCOCCOCCN=[N+]=[N-])C(C)[C@@H](C)[C@@H]1O[C@@H]1OC(COC(C)=O)[C@H](C)[C@H](C)C1C. The largest absolute Gasteiger partial charge is 0.463 e. The van der Waals surface area contributed by atoms with Crippen LogP contribution >= 0.6 is 0 Å². The van der Waals surface area contributed by atoms with Crippen molar-refractivity contribution < 1.29 is 52.2 Å². The number of hydrogen-bond acceptors (Lipinski definition) is 12. The van der Waals surface area contributed by atoms with Crippen molar-refractivity contribution in [1.82, 2.24) is 0 Å². The van der Waals surface area contributed by atoms with Gasteiger partial charge < -0.3 is 42.6 Å². The topological polar surface area (TPSA) is 166 Å². The quantitative estimate of drug-likeness (QED) is 0.0684. The van der Waals surface area contributed by atoms with E-state index < -0.39 is 30.8 Å². The smallest absolute Gasteiger partial charge is 0.302 e. The molecule has 0 saturated carbocycles. The van der Waals surface area contributed by atoms with Crippen molar-refractivity contribution in [2.45, 2.75) is 79.4 Å². The third-order valence-corrected chi connectivity index (χ3v) is 8.28. The van der Waals surface area contributed by atoms with Gasteiger partial charge in [0.25, 0.3) is 0 Å². The van der Waals surface area contributed by atoms with Gasteiger partial charge in [0, 0.05) is 37.1 Å². The van der Waals surface area contributed by atoms with Gasteiger partial charge in [-0.25, -0.2) is 0 Å². The number of ether oxygens (including phenoxy) is 9. The molecule has 0 N–H and O–H groups in total. The molecule has 0 bridgehead atoms. The number of carbonyl (C=O) groups is 2. The van der Waals surface area contributed by atoms with E-state index in [0.717, 1.165) is 0 Å². The van der Waals surface area contributed by atoms with Gasteiger partial charge in [-0.15, -0.1) is 0 Å². The van der Waals surface area contributed by atoms with Crippen molar-refractivity contribution in [2.75, 3.05) is 66.0 Å². The molecule has 43 heavy (non-hydrogen) atoms. The van der Waals surface area contributed by atoms with Crippen molar-refractivity contribution in [1.29, 1.82) is 0 Å². The minimum absolute atomic E-state index is 0.0140. The highest BCUT2D eigenvalue weighted by molar-refractivity contribution is 5.66. The van der Waals surface area contributed by atoms with Crippen LogP contribution in [0.15, 0.2) is 5.11 Å². The Morgan fingerprint density at radius 1 is 0.674 bits per heavy atom. The predicted molar refractivity (Wildman–Crippen MR) is 154 cm³/mol. The van der Waals surface area contributed by atoms with E-state index in [-0.39, 0.29) is 54.9 Å². The minimum Gasteiger partial charge on any atom is -0.463 e. The van der Waals surface area contributed by atoms with Gasteiger partial charge in [-0.1, -0.05) is 39.7 Å². The highest BCUT2D eigenvalue weighted by atomic mass is 16.7. The molecule has 2 fully saturated rings. The third kappa shape index (κ3) is 12.8. The number of carbonyl (C=O) groups excluding carboxylic acids is 2. The summed E-state index contributed by atoms with van der Waals surface area (Å²) >= 11 is 0. The molecule has 0 amide bonds. The molecule has 0 aliphatic carbocycles. The van der Waals surface area contributed by atoms with Crippen LogP contribution in [-0.4, -0.2) is 109 Å². The molecule has 0 spiro atoms. The van der Waals surface area contributed by atoms with Crippen molar-refractivity contribution in [2.24, 2.45) is 34.7 Å². The molecule has 4 unspecified atom stereocenters. The standard InChI is InChI=1S/C29H51N3O11/c1-18-19(2)25(16-39-23(6)33)41-29(21(18)4)43-27-20(3)22(5)28(42-26(27)17-40-24(7)34)38-15-14-37-13-12-36-11-10-35-9-8-31-32-30/h18-22,25-29H,8-17H2,1-7H3/t18-,19+,20+,21?,22?,25?,26?,27-,28+,29-/m0/s1. The zero-order chi connectivity index (χ0) is 31.8. The summed E-state index contributed by atoms with van der Waals surface area (Å²) < 4.78 is 52.2. The highest BCUT2D eigenvalue weighted by Gasteiger charge is 2.47. The summed E-state index contributed by atoms with van der Waals surface area (Å²) in [5.41, 5.74) is 8.21. The maximum Gasteiger partial charge on any atom is 0.302 e. The number of rotatable bonds is 19. The molecule has 2 saturated heterocycles. The summed E-state index contributed by atoms with van der Waals surface area (Å²) in [5.74, 6) is -0.302. The Labute approximate surface area is 254 Å². The lowest BCUT2D eigenvalue weighted by atomic mass is 9.78. The van der Waals surface area contributed by atoms with Crippen LogP contribution in [0.5, 0.6) is 0 Å². The van der Waals surface area contributed by atoms with E-state index in [9.17, 15) is 9.59 Å². The van der Waals surface area contributed by atoms with Crippen LogP contribution in [0.2, 0.25) is 0 Å². The molecular formula is C29H51N3O11. The van der Waals surface area contributed by atoms with Crippen molar-refractivity contribution in [3.8, 4) is 0 Å². The summed E-state index contributed by atoms with van der Waals surface area (Å²) in [6.07, 6.45) is -2.38. The van der Waals surface area contributed by atoms with Crippen molar-refractivity contribution in [3.05, 3.63) is 10.4 Å². The molecule has 10 atom stereocenters. The third-order valence-electron chi connectivity index (χ3n) is 8.28. The average Bonchev–Trinajstić information content (AvgIpc) is 2.97. The van der Waals surface area contributed by atoms with Gasteiger partial charge in [-0.2, -0.15) is 0 Å². The molecule has 2 aliphatic heterocycles. The Balaban J connectivity index is 1.85. The first kappa shape index (κ1) is 37.2. The summed E-state index contributed by atoms with van der Waals surface area (Å²) in [6.45, 7) is 16.3. The lowest BCUT2D eigenvalue weighted by Crippen LogP contribution is -2.56. The van der Waals surface area contributed by atoms with Crippen molar-refractivity contribution in [3.63, 3.8) is 0 Å². The first-order valence-electron chi connectivity index (χ1n) is 15.2. The van der Waals surface area contributed by atoms with Crippen LogP contribution in [0.3, 0.4) is 0 Å². The molecular weight excluding hydrogens is 566 g/mol. The number of esters is 2. The molecule has 14 heteroatoms. The second-order valence-corrected chi connectivity index (χ2v) is 11.2. The predicted octanol–water partition coefficient (Wildman–Crippen LogP) is 3.50. The van der Waals surface area contributed by atoms with E-state index in [1.54, 1.807) is 0 Å². The summed E-state index contributed by atoms with van der Waals surface area (Å²) in [7, 11) is 0. The molecule has 2 rings (SSSR count). The van der Waals surface area contributed by atoms with Crippen LogP contribution in [0.4, 0.5) is 0 Å². The normalized spacial score (nSPS) is 32.5. The van der Waals surface area contributed by atoms with Gasteiger partial charge in [0.15, 0.2) is 12.6 Å².